The van der Waals surface area contributed by atoms with Crippen molar-refractivity contribution in [3.05, 3.63) is 35.4 Å². The predicted molar refractivity (Wildman–Crippen MR) is 83.7 cm³/mol. The van der Waals surface area contributed by atoms with Crippen LogP contribution in [0.1, 0.15) is 55.6 Å². The van der Waals surface area contributed by atoms with Crippen molar-refractivity contribution < 1.29 is 14.7 Å². The fourth-order valence-electron chi connectivity index (χ4n) is 4.09. The molecule has 1 N–H and O–H groups in total. The molecule has 0 heterocycles. The molecule has 0 radical (unpaired) electrons. The Hall–Kier alpha value is -1.84. The van der Waals surface area contributed by atoms with E-state index in [0.29, 0.717) is 12.8 Å². The Morgan fingerprint density at radius 1 is 1.18 bits per heavy atom. The molecule has 2 aliphatic rings. The van der Waals surface area contributed by atoms with Gasteiger partial charge in [-0.3, -0.25) is 4.79 Å². The third-order valence-electron chi connectivity index (χ3n) is 5.48. The molecule has 1 aromatic rings. The molecule has 22 heavy (non-hydrogen) atoms. The molecule has 1 atom stereocenters. The van der Waals surface area contributed by atoms with Crippen LogP contribution in [0.2, 0.25) is 0 Å². The maximum atomic E-state index is 13.0. The lowest BCUT2D eigenvalue weighted by atomic mass is 9.79. The first-order chi connectivity index (χ1) is 10.6. The molecule has 0 aromatic heterocycles. The summed E-state index contributed by atoms with van der Waals surface area (Å²) in [5.41, 5.74) is 1.30. The van der Waals surface area contributed by atoms with E-state index < -0.39 is 11.5 Å². The van der Waals surface area contributed by atoms with Gasteiger partial charge in [0.1, 0.15) is 5.54 Å². The average Bonchev–Trinajstić information content (AvgIpc) is 2.98. The number of amides is 1. The zero-order valence-electron chi connectivity index (χ0n) is 13.0. The SMILES string of the molecule is CN(C(=O)C1CCc2ccccc21)C1(C(=O)O)CCCCC1. The normalized spacial score (nSPS) is 22.9. The molecule has 1 aromatic carbocycles. The molecule has 4 heteroatoms. The van der Waals surface area contributed by atoms with Crippen LogP contribution in [0.3, 0.4) is 0 Å². The number of aryl methyl sites for hydroxylation is 1. The molecule has 0 bridgehead atoms. The van der Waals surface area contributed by atoms with Crippen molar-refractivity contribution in [2.75, 3.05) is 7.05 Å². The summed E-state index contributed by atoms with van der Waals surface area (Å²) in [7, 11) is 1.68. The molecular weight excluding hydrogens is 278 g/mol. The van der Waals surface area contributed by atoms with E-state index in [9.17, 15) is 14.7 Å². The van der Waals surface area contributed by atoms with Gasteiger partial charge in [0.2, 0.25) is 5.91 Å². The second-order valence-corrected chi connectivity index (χ2v) is 6.58. The fourth-order valence-corrected chi connectivity index (χ4v) is 4.09. The van der Waals surface area contributed by atoms with Gasteiger partial charge in [-0.15, -0.1) is 0 Å². The van der Waals surface area contributed by atoms with Gasteiger partial charge < -0.3 is 10.0 Å². The monoisotopic (exact) mass is 301 g/mol. The average molecular weight is 301 g/mol. The van der Waals surface area contributed by atoms with Crippen molar-refractivity contribution in [2.24, 2.45) is 0 Å². The Morgan fingerprint density at radius 2 is 1.86 bits per heavy atom. The van der Waals surface area contributed by atoms with Crippen LogP contribution >= 0.6 is 0 Å². The van der Waals surface area contributed by atoms with Gasteiger partial charge in [-0.1, -0.05) is 43.5 Å². The van der Waals surface area contributed by atoms with Crippen LogP contribution in [-0.2, 0) is 16.0 Å². The minimum absolute atomic E-state index is 0.0331. The number of fused-ring (bicyclic) bond motifs is 1. The first-order valence-corrected chi connectivity index (χ1v) is 8.15. The third kappa shape index (κ3) is 2.31. The largest absolute Gasteiger partial charge is 0.479 e. The van der Waals surface area contributed by atoms with Crippen LogP contribution in [-0.4, -0.2) is 34.5 Å². The lowest BCUT2D eigenvalue weighted by Crippen LogP contribution is -2.57. The maximum absolute atomic E-state index is 13.0. The van der Waals surface area contributed by atoms with Gasteiger partial charge in [-0.2, -0.15) is 0 Å². The van der Waals surface area contributed by atoms with E-state index in [1.54, 1.807) is 11.9 Å². The lowest BCUT2D eigenvalue weighted by Gasteiger charge is -2.42. The van der Waals surface area contributed by atoms with Crippen LogP contribution in [0, 0.1) is 0 Å². The van der Waals surface area contributed by atoms with Gasteiger partial charge >= 0.3 is 5.97 Å². The van der Waals surface area contributed by atoms with E-state index >= 15 is 0 Å². The number of rotatable bonds is 3. The van der Waals surface area contributed by atoms with E-state index in [-0.39, 0.29) is 11.8 Å². The van der Waals surface area contributed by atoms with E-state index in [4.69, 9.17) is 0 Å². The van der Waals surface area contributed by atoms with Crippen molar-refractivity contribution in [2.45, 2.75) is 56.4 Å². The van der Waals surface area contributed by atoms with Gasteiger partial charge in [0.25, 0.3) is 0 Å². The van der Waals surface area contributed by atoms with E-state index in [2.05, 4.69) is 6.07 Å². The molecule has 0 saturated heterocycles. The van der Waals surface area contributed by atoms with E-state index in [1.165, 1.54) is 5.56 Å². The van der Waals surface area contributed by atoms with Crippen LogP contribution in [0.4, 0.5) is 0 Å². The van der Waals surface area contributed by atoms with Crippen molar-refractivity contribution in [3.8, 4) is 0 Å². The second kappa shape index (κ2) is 5.75. The highest BCUT2D eigenvalue weighted by atomic mass is 16.4. The number of carbonyl (C=O) groups is 2. The summed E-state index contributed by atoms with van der Waals surface area (Å²) in [4.78, 5) is 26.4. The molecular formula is C18H23NO3. The van der Waals surface area contributed by atoms with Crippen LogP contribution in [0.25, 0.3) is 0 Å². The van der Waals surface area contributed by atoms with Crippen LogP contribution in [0.5, 0.6) is 0 Å². The number of aliphatic carboxylic acids is 1. The molecule has 1 saturated carbocycles. The van der Waals surface area contributed by atoms with Crippen molar-refractivity contribution in [1.82, 2.24) is 4.90 Å². The van der Waals surface area contributed by atoms with Gasteiger partial charge in [-0.25, -0.2) is 4.79 Å². The number of nitrogens with zero attached hydrogens (tertiary/aromatic N) is 1. The van der Waals surface area contributed by atoms with Gasteiger partial charge in [0.15, 0.2) is 0 Å². The molecule has 4 nitrogen and oxygen atoms in total. The summed E-state index contributed by atoms with van der Waals surface area (Å²) >= 11 is 0. The van der Waals surface area contributed by atoms with Crippen molar-refractivity contribution >= 4 is 11.9 Å². The molecule has 118 valence electrons. The molecule has 2 aliphatic carbocycles. The van der Waals surface area contributed by atoms with E-state index in [0.717, 1.165) is 37.7 Å². The third-order valence-corrected chi connectivity index (χ3v) is 5.48. The smallest absolute Gasteiger partial charge is 0.329 e. The number of carboxylic acids is 1. The fraction of sp³-hybridized carbons (Fsp3) is 0.556. The highest BCUT2D eigenvalue weighted by Crippen LogP contribution is 2.39. The lowest BCUT2D eigenvalue weighted by molar-refractivity contribution is -0.161. The van der Waals surface area contributed by atoms with Crippen molar-refractivity contribution in [1.29, 1.82) is 0 Å². The summed E-state index contributed by atoms with van der Waals surface area (Å²) in [6, 6.07) is 8.02. The Kier molecular flexibility index (Phi) is 3.94. The number of hydrogen-bond donors (Lipinski definition) is 1. The Balaban J connectivity index is 1.87. The number of benzene rings is 1. The highest BCUT2D eigenvalue weighted by molar-refractivity contribution is 5.91. The Labute approximate surface area is 131 Å². The van der Waals surface area contributed by atoms with Gasteiger partial charge in [-0.05, 0) is 36.8 Å². The summed E-state index contributed by atoms with van der Waals surface area (Å²) < 4.78 is 0. The first kappa shape index (κ1) is 15.1. The summed E-state index contributed by atoms with van der Waals surface area (Å²) in [6.45, 7) is 0. The number of carbonyl (C=O) groups excluding carboxylic acids is 1. The van der Waals surface area contributed by atoms with E-state index in [1.807, 2.05) is 18.2 Å². The van der Waals surface area contributed by atoms with Gasteiger partial charge in [0, 0.05) is 7.05 Å². The Bertz CT molecular complexity index is 590. The highest BCUT2D eigenvalue weighted by Gasteiger charge is 2.47. The minimum Gasteiger partial charge on any atom is -0.479 e. The summed E-state index contributed by atoms with van der Waals surface area (Å²) in [5.74, 6) is -1.07. The van der Waals surface area contributed by atoms with Gasteiger partial charge in [0.05, 0.1) is 5.92 Å². The van der Waals surface area contributed by atoms with Crippen LogP contribution in [0.15, 0.2) is 24.3 Å². The standard InChI is InChI=1S/C18H23NO3/c1-19(18(17(21)22)11-5-2-6-12-18)16(20)15-10-9-13-7-3-4-8-14(13)15/h3-4,7-8,15H,2,5-6,9-12H2,1H3,(H,21,22). The zero-order chi connectivity index (χ0) is 15.7. The molecule has 3 rings (SSSR count). The zero-order valence-corrected chi connectivity index (χ0v) is 13.0. The molecule has 0 spiro atoms. The molecule has 1 fully saturated rings. The number of carboxylic acid groups (broad SMARTS) is 1. The quantitative estimate of drug-likeness (QED) is 0.934. The number of hydrogen-bond acceptors (Lipinski definition) is 2. The predicted octanol–water partition coefficient (Wildman–Crippen LogP) is 2.96. The van der Waals surface area contributed by atoms with Crippen molar-refractivity contribution in [3.63, 3.8) is 0 Å². The maximum Gasteiger partial charge on any atom is 0.329 e. The molecule has 0 aliphatic heterocycles. The molecule has 1 amide bonds. The Morgan fingerprint density at radius 3 is 2.55 bits per heavy atom. The summed E-state index contributed by atoms with van der Waals surface area (Å²) in [5, 5.41) is 9.75. The topological polar surface area (TPSA) is 57.6 Å². The minimum atomic E-state index is -1.01. The second-order valence-electron chi connectivity index (χ2n) is 6.58. The summed E-state index contributed by atoms with van der Waals surface area (Å²) in [6.07, 6.45) is 5.65. The molecule has 1 unspecified atom stereocenters. The first-order valence-electron chi connectivity index (χ1n) is 8.15. The van der Waals surface area contributed by atoms with Crippen LogP contribution < -0.4 is 0 Å². The number of likely N-dealkylation sites (N-methyl/N-ethyl adjacent to an activating group) is 1.